The van der Waals surface area contributed by atoms with Gasteiger partial charge in [0.15, 0.2) is 6.61 Å². The molecule has 0 unspecified atom stereocenters. The minimum absolute atomic E-state index is 0.136. The maximum absolute atomic E-state index is 12.7. The van der Waals surface area contributed by atoms with Gasteiger partial charge in [-0.25, -0.2) is 9.48 Å². The van der Waals surface area contributed by atoms with Crippen LogP contribution in [0.15, 0.2) is 30.3 Å². The second-order valence-corrected chi connectivity index (χ2v) is 8.19. The van der Waals surface area contributed by atoms with E-state index in [1.807, 2.05) is 36.6 Å². The van der Waals surface area contributed by atoms with Crippen molar-refractivity contribution in [2.45, 2.75) is 33.9 Å². The van der Waals surface area contributed by atoms with E-state index in [-0.39, 0.29) is 16.5 Å². The topological polar surface area (TPSA) is 75.3 Å². The summed E-state index contributed by atoms with van der Waals surface area (Å²) in [6, 6.07) is 9.11. The Morgan fingerprint density at radius 3 is 2.53 bits per heavy atom. The fraction of sp³-hybridized carbons (Fsp3) is 0.348. The van der Waals surface area contributed by atoms with E-state index >= 15 is 0 Å². The van der Waals surface area contributed by atoms with E-state index in [0.717, 1.165) is 17.0 Å². The molecular weight excluding hydrogens is 453 g/mol. The Labute approximate surface area is 196 Å². The zero-order valence-electron chi connectivity index (χ0n) is 18.4. The van der Waals surface area contributed by atoms with Gasteiger partial charge in [-0.05, 0) is 38.5 Å². The van der Waals surface area contributed by atoms with Gasteiger partial charge in [-0.1, -0.05) is 41.4 Å². The van der Waals surface area contributed by atoms with Crippen LogP contribution in [0.3, 0.4) is 0 Å². The Morgan fingerprint density at radius 1 is 1.12 bits per heavy atom. The molecule has 0 radical (unpaired) electrons. The molecule has 0 saturated heterocycles. The third-order valence-electron chi connectivity index (χ3n) is 5.27. The molecule has 2 aromatic heterocycles. The SMILES string of the molecule is COCCn1c(C)cc(C(=O)COC(=O)c2c(C)nn(Cc3ccccc3Cl)c2Cl)c1C. The van der Waals surface area contributed by atoms with Gasteiger partial charge in [0, 0.05) is 35.6 Å². The lowest BCUT2D eigenvalue weighted by Gasteiger charge is -2.09. The summed E-state index contributed by atoms with van der Waals surface area (Å²) in [6.07, 6.45) is 0. The number of aryl methyl sites for hydroxylation is 2. The number of carbonyl (C=O) groups is 2. The maximum Gasteiger partial charge on any atom is 0.343 e. The molecule has 0 aliphatic rings. The first-order valence-corrected chi connectivity index (χ1v) is 10.8. The lowest BCUT2D eigenvalue weighted by molar-refractivity contribution is 0.0474. The van der Waals surface area contributed by atoms with Gasteiger partial charge in [0.05, 0.1) is 18.8 Å². The van der Waals surface area contributed by atoms with Crippen molar-refractivity contribution in [1.82, 2.24) is 14.3 Å². The summed E-state index contributed by atoms with van der Waals surface area (Å²) in [6.45, 7) is 6.53. The molecule has 0 N–H and O–H groups in total. The van der Waals surface area contributed by atoms with Gasteiger partial charge in [-0.2, -0.15) is 5.10 Å². The van der Waals surface area contributed by atoms with Crippen LogP contribution in [0, 0.1) is 20.8 Å². The predicted molar refractivity (Wildman–Crippen MR) is 123 cm³/mol. The van der Waals surface area contributed by atoms with Crippen LogP contribution in [-0.2, 0) is 22.6 Å². The largest absolute Gasteiger partial charge is 0.454 e. The second kappa shape index (κ2) is 10.3. The predicted octanol–water partition coefficient (Wildman–Crippen LogP) is 4.65. The summed E-state index contributed by atoms with van der Waals surface area (Å²) in [5.74, 6) is -0.980. The molecule has 0 saturated carbocycles. The number of nitrogens with zero attached hydrogens (tertiary/aromatic N) is 3. The third kappa shape index (κ3) is 5.06. The quantitative estimate of drug-likeness (QED) is 0.331. The molecule has 3 rings (SSSR count). The molecule has 170 valence electrons. The van der Waals surface area contributed by atoms with Gasteiger partial charge in [0.25, 0.3) is 0 Å². The van der Waals surface area contributed by atoms with E-state index in [2.05, 4.69) is 5.10 Å². The molecule has 0 fully saturated rings. The normalized spacial score (nSPS) is 11.1. The van der Waals surface area contributed by atoms with Crippen LogP contribution >= 0.6 is 23.2 Å². The van der Waals surface area contributed by atoms with E-state index in [0.29, 0.717) is 36.0 Å². The Hall–Kier alpha value is -2.61. The second-order valence-electron chi connectivity index (χ2n) is 7.43. The first kappa shape index (κ1) is 24.0. The van der Waals surface area contributed by atoms with E-state index in [1.165, 1.54) is 4.68 Å². The van der Waals surface area contributed by atoms with E-state index < -0.39 is 12.6 Å². The van der Waals surface area contributed by atoms with E-state index in [4.69, 9.17) is 32.7 Å². The maximum atomic E-state index is 12.7. The highest BCUT2D eigenvalue weighted by Crippen LogP contribution is 2.24. The summed E-state index contributed by atoms with van der Waals surface area (Å²) in [5, 5.41) is 5.05. The summed E-state index contributed by atoms with van der Waals surface area (Å²) >= 11 is 12.6. The molecule has 0 aliphatic carbocycles. The molecule has 0 aliphatic heterocycles. The fourth-order valence-corrected chi connectivity index (χ4v) is 4.08. The van der Waals surface area contributed by atoms with Gasteiger partial charge in [-0.3, -0.25) is 4.79 Å². The average molecular weight is 478 g/mol. The van der Waals surface area contributed by atoms with Crippen molar-refractivity contribution in [1.29, 1.82) is 0 Å². The molecule has 0 amide bonds. The van der Waals surface area contributed by atoms with Gasteiger partial charge in [0.2, 0.25) is 5.78 Å². The number of rotatable bonds is 9. The first-order chi connectivity index (χ1) is 15.2. The monoisotopic (exact) mass is 477 g/mol. The van der Waals surface area contributed by atoms with Crippen LogP contribution in [0.4, 0.5) is 0 Å². The number of hydrogen-bond acceptors (Lipinski definition) is 5. The average Bonchev–Trinajstić information content (AvgIpc) is 3.20. The lowest BCUT2D eigenvalue weighted by atomic mass is 10.1. The number of methoxy groups -OCH3 is 1. The summed E-state index contributed by atoms with van der Waals surface area (Å²) < 4.78 is 13.9. The third-order valence-corrected chi connectivity index (χ3v) is 6.03. The highest BCUT2D eigenvalue weighted by Gasteiger charge is 2.24. The minimum atomic E-state index is -0.695. The van der Waals surface area contributed by atoms with E-state index in [1.54, 1.807) is 26.2 Å². The van der Waals surface area contributed by atoms with Crippen LogP contribution in [0.2, 0.25) is 10.2 Å². The Balaban J connectivity index is 1.71. The molecular formula is C23H25Cl2N3O4. The minimum Gasteiger partial charge on any atom is -0.454 e. The highest BCUT2D eigenvalue weighted by molar-refractivity contribution is 6.33. The van der Waals surface area contributed by atoms with Gasteiger partial charge >= 0.3 is 5.97 Å². The first-order valence-electron chi connectivity index (χ1n) is 10.1. The molecule has 0 atom stereocenters. The molecule has 0 bridgehead atoms. The van der Waals surface area contributed by atoms with Crippen LogP contribution in [0.5, 0.6) is 0 Å². The summed E-state index contributed by atoms with van der Waals surface area (Å²) in [4.78, 5) is 25.4. The van der Waals surface area contributed by atoms with Crippen molar-refractivity contribution >= 4 is 35.0 Å². The smallest absolute Gasteiger partial charge is 0.343 e. The molecule has 32 heavy (non-hydrogen) atoms. The number of Topliss-reactive ketones (excluding diaryl/α,β-unsaturated/α-hetero) is 1. The number of aromatic nitrogens is 3. The number of carbonyl (C=O) groups excluding carboxylic acids is 2. The zero-order chi connectivity index (χ0) is 23.4. The molecule has 7 nitrogen and oxygen atoms in total. The van der Waals surface area contributed by atoms with Gasteiger partial charge < -0.3 is 14.0 Å². The Kier molecular flexibility index (Phi) is 7.77. The van der Waals surface area contributed by atoms with Crippen molar-refractivity contribution in [2.75, 3.05) is 20.3 Å². The molecule has 3 aromatic rings. The molecule has 1 aromatic carbocycles. The van der Waals surface area contributed by atoms with Crippen LogP contribution in [0.25, 0.3) is 0 Å². The number of ketones is 1. The van der Waals surface area contributed by atoms with Crippen LogP contribution in [-0.4, -0.2) is 46.4 Å². The van der Waals surface area contributed by atoms with Crippen molar-refractivity contribution in [3.8, 4) is 0 Å². The number of ether oxygens (including phenoxy) is 2. The highest BCUT2D eigenvalue weighted by atomic mass is 35.5. The summed E-state index contributed by atoms with van der Waals surface area (Å²) in [5.41, 5.74) is 3.63. The standard InChI is InChI=1S/C23H25Cl2N3O4/c1-14-11-18(16(3)27(14)9-10-31-4)20(29)13-32-23(30)21-15(2)26-28(22(21)25)12-17-7-5-6-8-19(17)24/h5-8,11H,9-10,12-13H2,1-4H3. The molecule has 9 heteroatoms. The van der Waals surface area contributed by atoms with Crippen LogP contribution in [0.1, 0.15) is 43.4 Å². The summed E-state index contributed by atoms with van der Waals surface area (Å²) in [7, 11) is 1.63. The van der Waals surface area contributed by atoms with E-state index in [9.17, 15) is 9.59 Å². The number of benzene rings is 1. The lowest BCUT2D eigenvalue weighted by Crippen LogP contribution is -2.16. The number of hydrogen-bond donors (Lipinski definition) is 0. The Morgan fingerprint density at radius 2 is 1.84 bits per heavy atom. The molecule has 0 spiro atoms. The number of halogens is 2. The molecule has 2 heterocycles. The van der Waals surface area contributed by atoms with Crippen molar-refractivity contribution in [2.24, 2.45) is 0 Å². The van der Waals surface area contributed by atoms with Crippen molar-refractivity contribution in [3.05, 3.63) is 74.3 Å². The number of esters is 1. The fourth-order valence-electron chi connectivity index (χ4n) is 3.57. The van der Waals surface area contributed by atoms with Gasteiger partial charge in [-0.15, -0.1) is 0 Å². The van der Waals surface area contributed by atoms with Crippen LogP contribution < -0.4 is 0 Å². The van der Waals surface area contributed by atoms with Crippen molar-refractivity contribution < 1.29 is 19.1 Å². The van der Waals surface area contributed by atoms with Crippen molar-refractivity contribution in [3.63, 3.8) is 0 Å². The zero-order valence-corrected chi connectivity index (χ0v) is 20.0. The Bertz CT molecular complexity index is 1150. The van der Waals surface area contributed by atoms with Gasteiger partial charge in [0.1, 0.15) is 10.7 Å².